The molecule has 138 valence electrons. The van der Waals surface area contributed by atoms with Crippen LogP contribution in [-0.2, 0) is 9.53 Å². The molecule has 0 bridgehead atoms. The molecule has 1 saturated carbocycles. The number of carbonyl (C=O) groups is 1. The van der Waals surface area contributed by atoms with E-state index < -0.39 is 0 Å². The molecular formula is C17H26ClN5O2. The highest BCUT2D eigenvalue weighted by molar-refractivity contribution is 6.20. The Balaban J connectivity index is 1.63. The summed E-state index contributed by atoms with van der Waals surface area (Å²) in [7, 11) is 1.58. The van der Waals surface area contributed by atoms with Gasteiger partial charge in [0, 0.05) is 36.7 Å². The van der Waals surface area contributed by atoms with E-state index in [-0.39, 0.29) is 41.8 Å². The maximum Gasteiger partial charge on any atom is 0.248 e. The van der Waals surface area contributed by atoms with Crippen molar-refractivity contribution in [1.29, 1.82) is 5.26 Å². The number of rotatable bonds is 4. The predicted octanol–water partition coefficient (Wildman–Crippen LogP) is 0.385. The molecule has 3 aliphatic rings. The summed E-state index contributed by atoms with van der Waals surface area (Å²) in [4.78, 5) is 12.5. The lowest BCUT2D eigenvalue weighted by atomic mass is 9.80. The van der Waals surface area contributed by atoms with Crippen molar-refractivity contribution in [2.24, 2.45) is 11.8 Å². The first-order chi connectivity index (χ1) is 12.0. The van der Waals surface area contributed by atoms with Gasteiger partial charge < -0.3 is 10.1 Å². The zero-order valence-electron chi connectivity index (χ0n) is 14.6. The fourth-order valence-corrected chi connectivity index (χ4v) is 4.23. The number of nitrogens with one attached hydrogen (secondary N) is 4. The van der Waals surface area contributed by atoms with E-state index in [0.29, 0.717) is 12.5 Å². The number of hydrogen-bond acceptors (Lipinski definition) is 6. The van der Waals surface area contributed by atoms with Crippen molar-refractivity contribution in [3.8, 4) is 6.07 Å². The smallest absolute Gasteiger partial charge is 0.248 e. The zero-order valence-corrected chi connectivity index (χ0v) is 15.3. The maximum atomic E-state index is 12.5. The van der Waals surface area contributed by atoms with Gasteiger partial charge in [0.15, 0.2) is 0 Å². The van der Waals surface area contributed by atoms with Gasteiger partial charge in [-0.2, -0.15) is 5.26 Å². The van der Waals surface area contributed by atoms with Gasteiger partial charge in [-0.05, 0) is 32.1 Å². The molecule has 0 spiro atoms. The Labute approximate surface area is 153 Å². The van der Waals surface area contributed by atoms with E-state index in [2.05, 4.69) is 33.4 Å². The number of methoxy groups -OCH3 is 1. The molecule has 0 aromatic rings. The summed E-state index contributed by atoms with van der Waals surface area (Å²) in [5, 5.41) is 22.2. The SMILES string of the molecule is COC1NC(N[C@@H](C)C2=CC3CC(Cl)CCC3NC2=O)NCC1C#N. The summed E-state index contributed by atoms with van der Waals surface area (Å²) in [5.74, 6) is 0.0395. The van der Waals surface area contributed by atoms with E-state index in [1.165, 1.54) is 0 Å². The van der Waals surface area contributed by atoms with Crippen LogP contribution in [0.2, 0.25) is 0 Å². The quantitative estimate of drug-likeness (QED) is 0.536. The molecule has 2 heterocycles. The highest BCUT2D eigenvalue weighted by Gasteiger charge is 2.36. The van der Waals surface area contributed by atoms with Crippen molar-refractivity contribution in [3.05, 3.63) is 11.6 Å². The number of carbonyl (C=O) groups excluding carboxylic acids is 1. The number of halogens is 1. The Morgan fingerprint density at radius 1 is 1.48 bits per heavy atom. The lowest BCUT2D eigenvalue weighted by molar-refractivity contribution is -0.119. The van der Waals surface area contributed by atoms with Gasteiger partial charge >= 0.3 is 0 Å². The van der Waals surface area contributed by atoms with Gasteiger partial charge in [-0.25, -0.2) is 0 Å². The van der Waals surface area contributed by atoms with Crippen LogP contribution in [0.4, 0.5) is 0 Å². The molecule has 1 amide bonds. The Kier molecular flexibility index (Phi) is 5.97. The molecule has 25 heavy (non-hydrogen) atoms. The molecule has 7 nitrogen and oxygen atoms in total. The third-order valence-corrected chi connectivity index (χ3v) is 5.75. The maximum absolute atomic E-state index is 12.5. The van der Waals surface area contributed by atoms with Crippen LogP contribution in [0.15, 0.2) is 11.6 Å². The predicted molar refractivity (Wildman–Crippen MR) is 94.4 cm³/mol. The average Bonchev–Trinajstić information content (AvgIpc) is 2.61. The van der Waals surface area contributed by atoms with E-state index >= 15 is 0 Å². The molecule has 2 fully saturated rings. The average molecular weight is 368 g/mol. The first-order valence-electron chi connectivity index (χ1n) is 8.86. The summed E-state index contributed by atoms with van der Waals surface area (Å²) < 4.78 is 5.33. The van der Waals surface area contributed by atoms with Crippen LogP contribution in [-0.4, -0.2) is 49.5 Å². The fourth-order valence-electron chi connectivity index (χ4n) is 3.90. The second-order valence-electron chi connectivity index (χ2n) is 7.06. The van der Waals surface area contributed by atoms with Gasteiger partial charge in [0.25, 0.3) is 0 Å². The van der Waals surface area contributed by atoms with E-state index in [4.69, 9.17) is 21.6 Å². The third kappa shape index (κ3) is 4.15. The molecule has 1 aliphatic carbocycles. The minimum atomic E-state index is -0.343. The largest absolute Gasteiger partial charge is 0.365 e. The van der Waals surface area contributed by atoms with E-state index in [9.17, 15) is 4.79 Å². The summed E-state index contributed by atoms with van der Waals surface area (Å²) in [6, 6.07) is 2.28. The van der Waals surface area contributed by atoms with Gasteiger partial charge in [-0.3, -0.25) is 20.7 Å². The Morgan fingerprint density at radius 3 is 3.00 bits per heavy atom. The normalized spacial score (nSPS) is 39.6. The number of ether oxygens (including phenoxy) is 1. The molecular weight excluding hydrogens is 342 g/mol. The summed E-state index contributed by atoms with van der Waals surface area (Å²) >= 11 is 6.30. The second-order valence-corrected chi connectivity index (χ2v) is 7.68. The fraction of sp³-hybridized carbons (Fsp3) is 0.765. The van der Waals surface area contributed by atoms with Crippen molar-refractivity contribution >= 4 is 17.5 Å². The highest BCUT2D eigenvalue weighted by Crippen LogP contribution is 2.32. The van der Waals surface area contributed by atoms with E-state index in [1.54, 1.807) is 7.11 Å². The summed E-state index contributed by atoms with van der Waals surface area (Å²) in [6.07, 6.45) is 4.30. The van der Waals surface area contributed by atoms with Gasteiger partial charge in [0.05, 0.1) is 12.0 Å². The number of nitrogens with zero attached hydrogens (tertiary/aromatic N) is 1. The molecule has 8 heteroatoms. The topological polar surface area (TPSA) is 98.2 Å². The lowest BCUT2D eigenvalue weighted by Crippen LogP contribution is -2.66. The second kappa shape index (κ2) is 8.02. The van der Waals surface area contributed by atoms with Crippen molar-refractivity contribution in [2.45, 2.75) is 56.2 Å². The Bertz CT molecular complexity index is 578. The number of alkyl halides is 1. The van der Waals surface area contributed by atoms with Crippen LogP contribution in [0.5, 0.6) is 0 Å². The zero-order chi connectivity index (χ0) is 18.0. The molecule has 0 aromatic carbocycles. The lowest BCUT2D eigenvalue weighted by Gasteiger charge is -2.39. The molecule has 6 unspecified atom stereocenters. The monoisotopic (exact) mass is 367 g/mol. The molecule has 1 saturated heterocycles. The molecule has 0 radical (unpaired) electrons. The molecule has 3 rings (SSSR count). The molecule has 2 aliphatic heterocycles. The van der Waals surface area contributed by atoms with E-state index in [1.807, 2.05) is 6.92 Å². The van der Waals surface area contributed by atoms with Crippen molar-refractivity contribution in [3.63, 3.8) is 0 Å². The number of nitriles is 1. The minimum absolute atomic E-state index is 0.0109. The first kappa shape index (κ1) is 18.6. The van der Waals surface area contributed by atoms with Crippen molar-refractivity contribution in [2.75, 3.05) is 13.7 Å². The highest BCUT2D eigenvalue weighted by atomic mass is 35.5. The molecule has 4 N–H and O–H groups in total. The van der Waals surface area contributed by atoms with Gasteiger partial charge in [-0.1, -0.05) is 6.08 Å². The Morgan fingerprint density at radius 2 is 2.28 bits per heavy atom. The van der Waals surface area contributed by atoms with Crippen LogP contribution in [0.3, 0.4) is 0 Å². The Hall–Kier alpha value is -1.17. The van der Waals surface area contributed by atoms with Gasteiger partial charge in [-0.15, -0.1) is 11.6 Å². The number of fused-ring (bicyclic) bond motifs is 1. The van der Waals surface area contributed by atoms with Crippen LogP contribution in [0, 0.1) is 23.2 Å². The summed E-state index contributed by atoms with van der Waals surface area (Å²) in [6.45, 7) is 2.49. The van der Waals surface area contributed by atoms with Gasteiger partial charge in [0.2, 0.25) is 5.91 Å². The summed E-state index contributed by atoms with van der Waals surface area (Å²) in [5.41, 5.74) is 0.743. The first-order valence-corrected chi connectivity index (χ1v) is 9.30. The van der Waals surface area contributed by atoms with Crippen LogP contribution >= 0.6 is 11.6 Å². The van der Waals surface area contributed by atoms with Crippen molar-refractivity contribution < 1.29 is 9.53 Å². The minimum Gasteiger partial charge on any atom is -0.365 e. The van der Waals surface area contributed by atoms with Crippen molar-refractivity contribution in [1.82, 2.24) is 21.3 Å². The standard InChI is InChI=1S/C17H26ClN5O2/c1-9(21-17-20-8-11(7-19)16(23-17)25-2)13-6-10-5-12(18)3-4-14(10)22-15(13)24/h6,9-12,14,16-17,20-21,23H,3-5,8H2,1-2H3,(H,22,24)/t9-,10?,11?,12?,14?,16?,17?/m0/s1. The number of hydrogen-bond donors (Lipinski definition) is 4. The third-order valence-electron chi connectivity index (χ3n) is 5.35. The number of amides is 1. The van der Waals surface area contributed by atoms with Gasteiger partial charge in [0.1, 0.15) is 12.5 Å². The van der Waals surface area contributed by atoms with E-state index in [0.717, 1.165) is 24.8 Å². The van der Waals surface area contributed by atoms with Crippen LogP contribution in [0.1, 0.15) is 26.2 Å². The molecule has 0 aromatic heterocycles. The van der Waals surface area contributed by atoms with Crippen LogP contribution in [0.25, 0.3) is 0 Å². The van der Waals surface area contributed by atoms with Crippen LogP contribution < -0.4 is 21.3 Å². The molecule has 7 atom stereocenters.